The number of halogens is 1. The molecule has 25 heavy (non-hydrogen) atoms. The molecule has 3 aliphatic rings. The first-order valence-electron chi connectivity index (χ1n) is 8.09. The zero-order chi connectivity index (χ0) is 17.8. The highest BCUT2D eigenvalue weighted by molar-refractivity contribution is 9.09. The number of rotatable bonds is 2. The molecule has 0 aromatic heterocycles. The number of hydrogen-bond donors (Lipinski definition) is 0. The van der Waals surface area contributed by atoms with E-state index in [9.17, 15) is 9.59 Å². The van der Waals surface area contributed by atoms with Gasteiger partial charge in [-0.3, -0.25) is 9.59 Å². The Kier molecular flexibility index (Phi) is 3.72. The number of esters is 2. The molecule has 0 N–H and O–H groups in total. The lowest BCUT2D eigenvalue weighted by Gasteiger charge is -2.53. The SMILES string of the molecule is COC(=O)C1C2c3ccccc3C(Br)(c3ccccc32)C1C(=O)OC. The van der Waals surface area contributed by atoms with E-state index in [0.717, 1.165) is 22.3 Å². The van der Waals surface area contributed by atoms with E-state index < -0.39 is 28.1 Å². The third-order valence-electron chi connectivity index (χ3n) is 5.45. The average molecular weight is 401 g/mol. The highest BCUT2D eigenvalue weighted by Gasteiger charge is 2.63. The van der Waals surface area contributed by atoms with Crippen LogP contribution < -0.4 is 0 Å². The summed E-state index contributed by atoms with van der Waals surface area (Å²) in [6.45, 7) is 0. The average Bonchev–Trinajstić information content (AvgIpc) is 2.66. The molecule has 0 saturated heterocycles. The zero-order valence-electron chi connectivity index (χ0n) is 13.9. The van der Waals surface area contributed by atoms with Crippen LogP contribution in [0, 0.1) is 11.8 Å². The fourth-order valence-electron chi connectivity index (χ4n) is 4.52. The van der Waals surface area contributed by atoms with Crippen LogP contribution in [0.5, 0.6) is 0 Å². The Balaban J connectivity index is 2.09. The van der Waals surface area contributed by atoms with Crippen LogP contribution in [0.2, 0.25) is 0 Å². The van der Waals surface area contributed by atoms with E-state index in [-0.39, 0.29) is 5.92 Å². The maximum Gasteiger partial charge on any atom is 0.311 e. The lowest BCUT2D eigenvalue weighted by Crippen LogP contribution is -2.54. The van der Waals surface area contributed by atoms with Crippen LogP contribution in [0.4, 0.5) is 0 Å². The van der Waals surface area contributed by atoms with Gasteiger partial charge in [0.2, 0.25) is 0 Å². The maximum atomic E-state index is 12.8. The van der Waals surface area contributed by atoms with Crippen molar-refractivity contribution in [3.8, 4) is 0 Å². The Morgan fingerprint density at radius 2 is 1.36 bits per heavy atom. The third kappa shape index (κ3) is 1.99. The smallest absolute Gasteiger partial charge is 0.311 e. The minimum absolute atomic E-state index is 0.233. The summed E-state index contributed by atoms with van der Waals surface area (Å²) in [5.74, 6) is -2.38. The van der Waals surface area contributed by atoms with E-state index >= 15 is 0 Å². The van der Waals surface area contributed by atoms with Crippen molar-refractivity contribution in [2.75, 3.05) is 14.2 Å². The number of methoxy groups -OCH3 is 2. The summed E-state index contributed by atoms with van der Waals surface area (Å²) < 4.78 is 9.34. The van der Waals surface area contributed by atoms with E-state index in [4.69, 9.17) is 9.47 Å². The summed E-state index contributed by atoms with van der Waals surface area (Å²) in [4.78, 5) is 25.5. The summed E-state index contributed by atoms with van der Waals surface area (Å²) in [6, 6.07) is 15.9. The standard InChI is InChI=1S/C20H17BrO4/c1-24-18(22)16-15-11-7-3-5-9-13(11)20(21,17(16)19(23)25-2)14-10-6-4-8-12(14)15/h3-10,15-17H,1-2H3. The van der Waals surface area contributed by atoms with E-state index in [0.29, 0.717) is 0 Å². The van der Waals surface area contributed by atoms with Crippen LogP contribution in [0.1, 0.15) is 28.2 Å². The van der Waals surface area contributed by atoms with Gasteiger partial charge >= 0.3 is 11.9 Å². The Hall–Kier alpha value is -2.14. The molecule has 2 bridgehead atoms. The number of carbonyl (C=O) groups is 2. The van der Waals surface area contributed by atoms with Gasteiger partial charge in [-0.1, -0.05) is 64.5 Å². The van der Waals surface area contributed by atoms with Crippen molar-refractivity contribution in [2.24, 2.45) is 11.8 Å². The van der Waals surface area contributed by atoms with Gasteiger partial charge in [0, 0.05) is 5.92 Å². The second-order valence-corrected chi connectivity index (χ2v) is 7.66. The van der Waals surface area contributed by atoms with E-state index in [1.54, 1.807) is 0 Å². The number of benzene rings is 2. The zero-order valence-corrected chi connectivity index (χ0v) is 15.4. The van der Waals surface area contributed by atoms with Gasteiger partial charge in [0.25, 0.3) is 0 Å². The van der Waals surface area contributed by atoms with Gasteiger partial charge in [-0.2, -0.15) is 0 Å². The lowest BCUT2D eigenvalue weighted by atomic mass is 9.54. The number of carbonyl (C=O) groups excluding carboxylic acids is 2. The number of hydrogen-bond acceptors (Lipinski definition) is 4. The van der Waals surface area contributed by atoms with Crippen molar-refractivity contribution in [2.45, 2.75) is 10.2 Å². The van der Waals surface area contributed by atoms with Gasteiger partial charge in [-0.05, 0) is 22.3 Å². The lowest BCUT2D eigenvalue weighted by molar-refractivity contribution is -0.160. The second kappa shape index (κ2) is 5.70. The number of alkyl halides is 1. The van der Waals surface area contributed by atoms with Gasteiger partial charge < -0.3 is 9.47 Å². The van der Waals surface area contributed by atoms with E-state index in [1.807, 2.05) is 48.5 Å². The van der Waals surface area contributed by atoms with Crippen LogP contribution in [0.25, 0.3) is 0 Å². The van der Waals surface area contributed by atoms with Crippen molar-refractivity contribution in [1.82, 2.24) is 0 Å². The monoisotopic (exact) mass is 400 g/mol. The molecule has 0 heterocycles. The van der Waals surface area contributed by atoms with Crippen LogP contribution in [0.3, 0.4) is 0 Å². The van der Waals surface area contributed by atoms with Gasteiger partial charge in [0.05, 0.1) is 30.4 Å². The quantitative estimate of drug-likeness (QED) is 0.572. The topological polar surface area (TPSA) is 52.6 Å². The highest BCUT2D eigenvalue weighted by Crippen LogP contribution is 2.64. The van der Waals surface area contributed by atoms with Gasteiger partial charge in [0.15, 0.2) is 0 Å². The fourth-order valence-corrected chi connectivity index (χ4v) is 5.71. The number of fused-ring (bicyclic) bond motifs is 1. The van der Waals surface area contributed by atoms with Crippen LogP contribution in [-0.2, 0) is 23.4 Å². The molecule has 0 fully saturated rings. The molecule has 2 unspecified atom stereocenters. The first-order chi connectivity index (χ1) is 12.1. The molecule has 128 valence electrons. The molecule has 2 aromatic rings. The predicted octanol–water partition coefficient (Wildman–Crippen LogP) is 3.36. The summed E-state index contributed by atoms with van der Waals surface area (Å²) in [5, 5.41) is 0. The molecular weight excluding hydrogens is 384 g/mol. The summed E-state index contributed by atoms with van der Waals surface area (Å²) in [6.07, 6.45) is 0. The van der Waals surface area contributed by atoms with E-state index in [2.05, 4.69) is 15.9 Å². The maximum absolute atomic E-state index is 12.8. The molecule has 2 atom stereocenters. The molecular formula is C20H17BrO4. The fraction of sp³-hybridized carbons (Fsp3) is 0.300. The minimum atomic E-state index is -0.819. The van der Waals surface area contributed by atoms with Crippen LogP contribution in [0.15, 0.2) is 48.5 Å². The van der Waals surface area contributed by atoms with Crippen molar-refractivity contribution in [1.29, 1.82) is 0 Å². The molecule has 3 aliphatic carbocycles. The minimum Gasteiger partial charge on any atom is -0.469 e. The molecule has 0 spiro atoms. The molecule has 5 heteroatoms. The Labute approximate surface area is 154 Å². The van der Waals surface area contributed by atoms with E-state index in [1.165, 1.54) is 14.2 Å². The molecule has 0 saturated carbocycles. The molecule has 5 rings (SSSR count). The Morgan fingerprint density at radius 3 is 1.84 bits per heavy atom. The molecule has 0 radical (unpaired) electrons. The second-order valence-electron chi connectivity index (χ2n) is 6.41. The molecule has 0 aliphatic heterocycles. The molecule has 0 amide bonds. The van der Waals surface area contributed by atoms with Crippen molar-refractivity contribution < 1.29 is 19.1 Å². The first-order valence-corrected chi connectivity index (χ1v) is 8.88. The molecule has 4 nitrogen and oxygen atoms in total. The number of ether oxygens (including phenoxy) is 2. The van der Waals surface area contributed by atoms with Gasteiger partial charge in [-0.25, -0.2) is 0 Å². The van der Waals surface area contributed by atoms with Crippen molar-refractivity contribution in [3.63, 3.8) is 0 Å². The van der Waals surface area contributed by atoms with Crippen LogP contribution in [-0.4, -0.2) is 26.2 Å². The predicted molar refractivity (Wildman–Crippen MR) is 95.4 cm³/mol. The van der Waals surface area contributed by atoms with Crippen molar-refractivity contribution >= 4 is 27.9 Å². The molecule has 2 aromatic carbocycles. The normalized spacial score (nSPS) is 28.7. The van der Waals surface area contributed by atoms with Crippen molar-refractivity contribution in [3.05, 3.63) is 70.8 Å². The first kappa shape index (κ1) is 16.3. The third-order valence-corrected chi connectivity index (χ3v) is 6.80. The Morgan fingerprint density at radius 1 is 0.880 bits per heavy atom. The summed E-state index contributed by atoms with van der Waals surface area (Å²) >= 11 is 3.87. The van der Waals surface area contributed by atoms with Gasteiger partial charge in [0.1, 0.15) is 0 Å². The summed E-state index contributed by atoms with van der Waals surface area (Å²) in [7, 11) is 2.71. The Bertz CT molecular complexity index is 828. The summed E-state index contributed by atoms with van der Waals surface area (Å²) in [5.41, 5.74) is 4.12. The highest BCUT2D eigenvalue weighted by atomic mass is 79.9. The largest absolute Gasteiger partial charge is 0.469 e. The van der Waals surface area contributed by atoms with Gasteiger partial charge in [-0.15, -0.1) is 0 Å². The van der Waals surface area contributed by atoms with Crippen LogP contribution >= 0.6 is 15.9 Å².